The van der Waals surface area contributed by atoms with Crippen LogP contribution in [0.25, 0.3) is 0 Å². The van der Waals surface area contributed by atoms with E-state index in [0.29, 0.717) is 0 Å². The molecule has 0 radical (unpaired) electrons. The Morgan fingerprint density at radius 1 is 1.15 bits per heavy atom. The molecule has 1 nitrogen and oxygen atoms in total. The maximum absolute atomic E-state index is 11.9. The molecule has 0 aromatic heterocycles. The summed E-state index contributed by atoms with van der Waals surface area (Å²) in [5.74, 6) is 0. The van der Waals surface area contributed by atoms with Crippen LogP contribution in [0.3, 0.4) is 0 Å². The van der Waals surface area contributed by atoms with E-state index in [0.717, 1.165) is 9.79 Å². The average molecular weight is 214 g/mol. The molecule has 3 heteroatoms. The maximum atomic E-state index is 11.9. The number of thiol groups is 1. The molecule has 1 unspecified atom stereocenters. The molecule has 0 heterocycles. The highest BCUT2D eigenvalue weighted by Gasteiger charge is 2.20. The Labute approximate surface area is 87.4 Å². The van der Waals surface area contributed by atoms with E-state index >= 15 is 0 Å². The van der Waals surface area contributed by atoms with Crippen molar-refractivity contribution in [2.24, 2.45) is 0 Å². The third kappa shape index (κ3) is 2.85. The molecule has 0 aliphatic carbocycles. The second-order valence-electron chi connectivity index (χ2n) is 3.88. The van der Waals surface area contributed by atoms with Crippen LogP contribution in [0.5, 0.6) is 0 Å². The van der Waals surface area contributed by atoms with Crippen LogP contribution < -0.4 is 0 Å². The van der Waals surface area contributed by atoms with Crippen molar-refractivity contribution in [1.29, 1.82) is 0 Å². The lowest BCUT2D eigenvalue weighted by Gasteiger charge is -2.17. The molecular formula is C10H14OS2. The molecule has 0 spiro atoms. The first-order chi connectivity index (χ1) is 5.91. The van der Waals surface area contributed by atoms with E-state index in [1.165, 1.54) is 0 Å². The maximum Gasteiger partial charge on any atom is 0.0583 e. The predicted octanol–water partition coefficient (Wildman–Crippen LogP) is 2.88. The van der Waals surface area contributed by atoms with Crippen molar-refractivity contribution in [3.63, 3.8) is 0 Å². The Morgan fingerprint density at radius 2 is 1.62 bits per heavy atom. The molecule has 1 aromatic carbocycles. The van der Waals surface area contributed by atoms with Crippen molar-refractivity contribution >= 4 is 23.4 Å². The van der Waals surface area contributed by atoms with E-state index in [2.05, 4.69) is 12.6 Å². The van der Waals surface area contributed by atoms with Gasteiger partial charge in [-0.2, -0.15) is 0 Å². The smallest absolute Gasteiger partial charge is 0.0583 e. The molecule has 0 amide bonds. The van der Waals surface area contributed by atoms with Gasteiger partial charge in [0.15, 0.2) is 0 Å². The Hall–Kier alpha value is -0.280. The van der Waals surface area contributed by atoms with Crippen LogP contribution in [0.2, 0.25) is 0 Å². The minimum Gasteiger partial charge on any atom is -0.254 e. The van der Waals surface area contributed by atoms with Gasteiger partial charge in [0, 0.05) is 14.5 Å². The van der Waals surface area contributed by atoms with E-state index < -0.39 is 10.8 Å². The van der Waals surface area contributed by atoms with Gasteiger partial charge in [-0.3, -0.25) is 4.21 Å². The van der Waals surface area contributed by atoms with Gasteiger partial charge in [-0.25, -0.2) is 0 Å². The van der Waals surface area contributed by atoms with E-state index in [1.807, 2.05) is 45.0 Å². The van der Waals surface area contributed by atoms with Crippen LogP contribution in [0, 0.1) is 0 Å². The minimum atomic E-state index is -0.943. The van der Waals surface area contributed by atoms with Gasteiger partial charge < -0.3 is 0 Å². The van der Waals surface area contributed by atoms with Gasteiger partial charge in [0.2, 0.25) is 0 Å². The van der Waals surface area contributed by atoms with Gasteiger partial charge in [0.25, 0.3) is 0 Å². The minimum absolute atomic E-state index is 0.196. The molecular weight excluding hydrogens is 200 g/mol. The largest absolute Gasteiger partial charge is 0.254 e. The van der Waals surface area contributed by atoms with Crippen LogP contribution in [-0.4, -0.2) is 8.96 Å². The van der Waals surface area contributed by atoms with Gasteiger partial charge in [-0.05, 0) is 45.0 Å². The molecule has 0 saturated heterocycles. The zero-order valence-electron chi connectivity index (χ0n) is 8.07. The Morgan fingerprint density at radius 3 is 2.00 bits per heavy atom. The SMILES string of the molecule is CC(C)(C)S(=O)c1ccc(S)cc1. The van der Waals surface area contributed by atoms with E-state index in [1.54, 1.807) is 0 Å². The summed E-state index contributed by atoms with van der Waals surface area (Å²) >= 11 is 4.17. The molecule has 72 valence electrons. The summed E-state index contributed by atoms with van der Waals surface area (Å²) in [5, 5.41) is 0. The second kappa shape index (κ2) is 3.84. The third-order valence-corrected chi connectivity index (χ3v) is 3.72. The number of hydrogen-bond acceptors (Lipinski definition) is 2. The molecule has 1 atom stereocenters. The van der Waals surface area contributed by atoms with Gasteiger partial charge >= 0.3 is 0 Å². The normalized spacial score (nSPS) is 14.2. The van der Waals surface area contributed by atoms with Crippen LogP contribution in [0.4, 0.5) is 0 Å². The second-order valence-corrected chi connectivity index (χ2v) is 6.63. The lowest BCUT2D eigenvalue weighted by Crippen LogP contribution is -2.21. The molecule has 13 heavy (non-hydrogen) atoms. The molecule has 0 aliphatic rings. The first kappa shape index (κ1) is 10.8. The van der Waals surface area contributed by atoms with Crippen LogP contribution >= 0.6 is 12.6 Å². The fourth-order valence-electron chi connectivity index (χ4n) is 0.923. The predicted molar refractivity (Wildman–Crippen MR) is 59.9 cm³/mol. The third-order valence-electron chi connectivity index (χ3n) is 1.61. The summed E-state index contributed by atoms with van der Waals surface area (Å²) in [5.41, 5.74) is 0. The highest BCUT2D eigenvalue weighted by molar-refractivity contribution is 7.86. The molecule has 1 aromatic rings. The van der Waals surface area contributed by atoms with Crippen LogP contribution in [-0.2, 0) is 10.8 Å². The number of benzene rings is 1. The van der Waals surface area contributed by atoms with Gasteiger partial charge in [0.1, 0.15) is 0 Å². The highest BCUT2D eigenvalue weighted by Crippen LogP contribution is 2.21. The monoisotopic (exact) mass is 214 g/mol. The first-order valence-corrected chi connectivity index (χ1v) is 5.72. The van der Waals surface area contributed by atoms with Crippen molar-refractivity contribution in [3.8, 4) is 0 Å². The molecule has 0 bridgehead atoms. The van der Waals surface area contributed by atoms with E-state index in [9.17, 15) is 4.21 Å². The number of rotatable bonds is 1. The fraction of sp³-hybridized carbons (Fsp3) is 0.400. The van der Waals surface area contributed by atoms with Crippen molar-refractivity contribution in [3.05, 3.63) is 24.3 Å². The van der Waals surface area contributed by atoms with Crippen molar-refractivity contribution < 1.29 is 4.21 Å². The fourth-order valence-corrected chi connectivity index (χ4v) is 2.16. The zero-order valence-corrected chi connectivity index (χ0v) is 9.78. The summed E-state index contributed by atoms with van der Waals surface area (Å²) in [4.78, 5) is 1.76. The molecule has 0 fully saturated rings. The first-order valence-electron chi connectivity index (χ1n) is 4.12. The summed E-state index contributed by atoms with van der Waals surface area (Å²) in [6.07, 6.45) is 0. The van der Waals surface area contributed by atoms with Gasteiger partial charge in [-0.15, -0.1) is 12.6 Å². The molecule has 1 rings (SSSR count). The molecule has 0 saturated carbocycles. The van der Waals surface area contributed by atoms with Crippen LogP contribution in [0.1, 0.15) is 20.8 Å². The van der Waals surface area contributed by atoms with Crippen molar-refractivity contribution in [2.45, 2.75) is 35.3 Å². The number of hydrogen-bond donors (Lipinski definition) is 1. The highest BCUT2D eigenvalue weighted by atomic mass is 32.2. The lowest BCUT2D eigenvalue weighted by atomic mass is 10.3. The summed E-state index contributed by atoms with van der Waals surface area (Å²) < 4.78 is 11.7. The summed E-state index contributed by atoms with van der Waals surface area (Å²) in [6.45, 7) is 5.91. The van der Waals surface area contributed by atoms with Crippen LogP contribution in [0.15, 0.2) is 34.1 Å². The Kier molecular flexibility index (Phi) is 3.19. The Bertz CT molecular complexity index is 309. The van der Waals surface area contributed by atoms with Crippen molar-refractivity contribution in [2.75, 3.05) is 0 Å². The lowest BCUT2D eigenvalue weighted by molar-refractivity contribution is 0.649. The quantitative estimate of drug-likeness (QED) is 0.711. The Balaban J connectivity index is 2.97. The standard InChI is InChI=1S/C10H14OS2/c1-10(2,3)13(11)9-6-4-8(12)5-7-9/h4-7,12H,1-3H3. The van der Waals surface area contributed by atoms with Crippen molar-refractivity contribution in [1.82, 2.24) is 0 Å². The van der Waals surface area contributed by atoms with Gasteiger partial charge in [0.05, 0.1) is 10.8 Å². The summed E-state index contributed by atoms with van der Waals surface area (Å²) in [7, 11) is -0.943. The van der Waals surface area contributed by atoms with E-state index in [-0.39, 0.29) is 4.75 Å². The summed E-state index contributed by atoms with van der Waals surface area (Å²) in [6, 6.07) is 7.46. The zero-order chi connectivity index (χ0) is 10.1. The molecule has 0 N–H and O–H groups in total. The van der Waals surface area contributed by atoms with E-state index in [4.69, 9.17) is 0 Å². The topological polar surface area (TPSA) is 17.1 Å². The van der Waals surface area contributed by atoms with Gasteiger partial charge in [-0.1, -0.05) is 0 Å². The molecule has 0 aliphatic heterocycles. The average Bonchev–Trinajstić information content (AvgIpc) is 2.03.